The van der Waals surface area contributed by atoms with E-state index in [0.29, 0.717) is 11.8 Å². The van der Waals surface area contributed by atoms with Crippen molar-refractivity contribution in [3.8, 4) is 11.4 Å². The molecular weight excluding hydrogens is 356 g/mol. The molecule has 1 fully saturated rings. The molecule has 0 radical (unpaired) electrons. The highest BCUT2D eigenvalue weighted by atomic mass is 32.2. The van der Waals surface area contributed by atoms with Gasteiger partial charge in [-0.05, 0) is 44.6 Å². The first-order chi connectivity index (χ1) is 12.9. The van der Waals surface area contributed by atoms with Crippen molar-refractivity contribution in [3.05, 3.63) is 29.8 Å². The summed E-state index contributed by atoms with van der Waals surface area (Å²) in [5.41, 5.74) is 2.27. The Bertz CT molecular complexity index is 793. The van der Waals surface area contributed by atoms with Crippen molar-refractivity contribution in [1.29, 1.82) is 0 Å². The third-order valence-electron chi connectivity index (χ3n) is 5.23. The van der Waals surface area contributed by atoms with E-state index in [1.807, 2.05) is 24.0 Å². The maximum Gasteiger partial charge on any atom is 0.235 e. The highest BCUT2D eigenvalue weighted by Gasteiger charge is 2.29. The van der Waals surface area contributed by atoms with Gasteiger partial charge in [-0.15, -0.1) is 10.2 Å². The van der Waals surface area contributed by atoms with Crippen molar-refractivity contribution in [1.82, 2.24) is 19.7 Å². The van der Waals surface area contributed by atoms with Crippen LogP contribution in [0.2, 0.25) is 0 Å². The third kappa shape index (κ3) is 4.37. The molecule has 27 heavy (non-hydrogen) atoms. The maximum atomic E-state index is 13.0. The van der Waals surface area contributed by atoms with E-state index in [-0.39, 0.29) is 11.2 Å². The Labute approximate surface area is 166 Å². The van der Waals surface area contributed by atoms with Crippen molar-refractivity contribution < 1.29 is 4.79 Å². The molecule has 1 aromatic heterocycles. The molecule has 6 heteroatoms. The molecule has 1 aliphatic heterocycles. The fourth-order valence-corrected chi connectivity index (χ4v) is 4.99. The van der Waals surface area contributed by atoms with Gasteiger partial charge in [0.1, 0.15) is 0 Å². The Morgan fingerprint density at radius 1 is 1.22 bits per heavy atom. The van der Waals surface area contributed by atoms with Crippen LogP contribution in [-0.2, 0) is 11.3 Å². The van der Waals surface area contributed by atoms with E-state index in [2.05, 4.69) is 54.6 Å². The zero-order valence-electron chi connectivity index (χ0n) is 17.0. The molecule has 0 saturated carbocycles. The molecular formula is C21H30N4OS. The smallest absolute Gasteiger partial charge is 0.235 e. The molecule has 1 saturated heterocycles. The van der Waals surface area contributed by atoms with Crippen molar-refractivity contribution >= 4 is 17.7 Å². The summed E-state index contributed by atoms with van der Waals surface area (Å²) in [7, 11) is 0. The molecule has 0 bridgehead atoms. The summed E-state index contributed by atoms with van der Waals surface area (Å²) in [5.74, 6) is 2.23. The topological polar surface area (TPSA) is 51.0 Å². The number of hydrogen-bond acceptors (Lipinski definition) is 4. The second kappa shape index (κ2) is 8.46. The Morgan fingerprint density at radius 3 is 2.52 bits per heavy atom. The largest absolute Gasteiger partial charge is 0.341 e. The summed E-state index contributed by atoms with van der Waals surface area (Å²) in [5, 5.41) is 9.49. The van der Waals surface area contributed by atoms with Crippen LogP contribution < -0.4 is 0 Å². The summed E-state index contributed by atoms with van der Waals surface area (Å²) >= 11 is 1.52. The van der Waals surface area contributed by atoms with Crippen LogP contribution in [0.1, 0.15) is 39.7 Å². The lowest BCUT2D eigenvalue weighted by atomic mass is 9.92. The number of amides is 1. The molecule has 0 N–H and O–H groups in total. The van der Waals surface area contributed by atoms with E-state index in [1.165, 1.54) is 23.7 Å². The van der Waals surface area contributed by atoms with Crippen LogP contribution in [0.15, 0.2) is 29.4 Å². The molecule has 1 aliphatic rings. The number of aryl methyl sites for hydroxylation is 1. The van der Waals surface area contributed by atoms with E-state index < -0.39 is 0 Å². The number of piperidine rings is 1. The lowest BCUT2D eigenvalue weighted by Crippen LogP contribution is -2.45. The van der Waals surface area contributed by atoms with E-state index in [9.17, 15) is 4.79 Å². The van der Waals surface area contributed by atoms with Crippen LogP contribution in [0, 0.1) is 18.8 Å². The minimum Gasteiger partial charge on any atom is -0.341 e. The van der Waals surface area contributed by atoms with Gasteiger partial charge < -0.3 is 9.47 Å². The molecule has 146 valence electrons. The molecule has 1 aromatic carbocycles. The van der Waals surface area contributed by atoms with Crippen LogP contribution in [0.25, 0.3) is 11.4 Å². The summed E-state index contributed by atoms with van der Waals surface area (Å²) in [6.07, 6.45) is 1.20. The number of benzene rings is 1. The van der Waals surface area contributed by atoms with Crippen molar-refractivity contribution in [2.45, 2.75) is 58.0 Å². The van der Waals surface area contributed by atoms with Crippen LogP contribution in [0.4, 0.5) is 0 Å². The van der Waals surface area contributed by atoms with Crippen LogP contribution in [-0.4, -0.2) is 43.9 Å². The zero-order chi connectivity index (χ0) is 19.6. The first-order valence-corrected chi connectivity index (χ1v) is 10.7. The molecule has 2 aromatic rings. The molecule has 0 spiro atoms. The van der Waals surface area contributed by atoms with Gasteiger partial charge in [0.25, 0.3) is 0 Å². The first-order valence-electron chi connectivity index (χ1n) is 9.85. The summed E-state index contributed by atoms with van der Waals surface area (Å²) in [4.78, 5) is 15.0. The highest BCUT2D eigenvalue weighted by molar-refractivity contribution is 8.00. The second-order valence-corrected chi connectivity index (χ2v) is 9.12. The fraction of sp³-hybridized carbons (Fsp3) is 0.571. The van der Waals surface area contributed by atoms with E-state index in [0.717, 1.165) is 36.2 Å². The van der Waals surface area contributed by atoms with Gasteiger partial charge in [-0.25, -0.2) is 0 Å². The Balaban J connectivity index is 1.77. The summed E-state index contributed by atoms with van der Waals surface area (Å²) in [6.45, 7) is 13.1. The van der Waals surface area contributed by atoms with E-state index in [1.54, 1.807) is 0 Å². The monoisotopic (exact) mass is 386 g/mol. The first kappa shape index (κ1) is 19.9. The number of rotatable bonds is 5. The minimum absolute atomic E-state index is 0.165. The lowest BCUT2D eigenvalue weighted by molar-refractivity contribution is -0.132. The van der Waals surface area contributed by atoms with Gasteiger partial charge in [0.15, 0.2) is 11.0 Å². The van der Waals surface area contributed by atoms with Crippen molar-refractivity contribution in [2.24, 2.45) is 11.8 Å². The Hall–Kier alpha value is -1.82. The number of carbonyl (C=O) groups excluding carboxylic acids is 1. The van der Waals surface area contributed by atoms with Gasteiger partial charge in [-0.3, -0.25) is 4.79 Å². The van der Waals surface area contributed by atoms with E-state index in [4.69, 9.17) is 0 Å². The maximum absolute atomic E-state index is 13.0. The predicted molar refractivity (Wildman–Crippen MR) is 111 cm³/mol. The Kier molecular flexibility index (Phi) is 6.25. The minimum atomic E-state index is -0.165. The summed E-state index contributed by atoms with van der Waals surface area (Å²) < 4.78 is 2.11. The normalized spacial score (nSPS) is 21.3. The van der Waals surface area contributed by atoms with Gasteiger partial charge in [-0.2, -0.15) is 0 Å². The number of likely N-dealkylation sites (tertiary alicyclic amines) is 1. The Morgan fingerprint density at radius 2 is 1.89 bits per heavy atom. The number of aromatic nitrogens is 3. The number of thioether (sulfide) groups is 1. The van der Waals surface area contributed by atoms with Gasteiger partial charge in [-0.1, -0.05) is 49.9 Å². The number of nitrogens with zero attached hydrogens (tertiary/aromatic N) is 4. The second-order valence-electron chi connectivity index (χ2n) is 7.81. The SMILES string of the molecule is CCn1c(SC(C)C(=O)N2CC(C)CC(C)C2)nnc1-c1ccccc1C. The molecule has 0 aliphatic carbocycles. The average molecular weight is 387 g/mol. The van der Waals surface area contributed by atoms with Crippen LogP contribution in [0.5, 0.6) is 0 Å². The molecule has 3 unspecified atom stereocenters. The predicted octanol–water partition coefficient (Wildman–Crippen LogP) is 4.26. The van der Waals surface area contributed by atoms with Gasteiger partial charge >= 0.3 is 0 Å². The number of hydrogen-bond donors (Lipinski definition) is 0. The third-order valence-corrected chi connectivity index (χ3v) is 6.30. The molecule has 3 atom stereocenters. The van der Waals surface area contributed by atoms with Gasteiger partial charge in [0.2, 0.25) is 5.91 Å². The van der Waals surface area contributed by atoms with Crippen molar-refractivity contribution in [2.75, 3.05) is 13.1 Å². The highest BCUT2D eigenvalue weighted by Crippen LogP contribution is 2.30. The molecule has 3 rings (SSSR count). The molecule has 1 amide bonds. The van der Waals surface area contributed by atoms with Gasteiger partial charge in [0, 0.05) is 25.2 Å². The quantitative estimate of drug-likeness (QED) is 0.721. The molecule has 5 nitrogen and oxygen atoms in total. The fourth-order valence-electron chi connectivity index (χ4n) is 3.99. The van der Waals surface area contributed by atoms with Crippen LogP contribution >= 0.6 is 11.8 Å². The molecule has 2 heterocycles. The standard InChI is InChI=1S/C21H30N4OS/c1-6-25-19(18-10-8-7-9-16(18)4)22-23-21(25)27-17(5)20(26)24-12-14(2)11-15(3)13-24/h7-10,14-15,17H,6,11-13H2,1-5H3. The zero-order valence-corrected chi connectivity index (χ0v) is 17.8. The van der Waals surface area contributed by atoms with Crippen molar-refractivity contribution in [3.63, 3.8) is 0 Å². The van der Waals surface area contributed by atoms with Crippen LogP contribution in [0.3, 0.4) is 0 Å². The van der Waals surface area contributed by atoms with Gasteiger partial charge in [0.05, 0.1) is 5.25 Å². The summed E-state index contributed by atoms with van der Waals surface area (Å²) in [6, 6.07) is 8.21. The number of carbonyl (C=O) groups is 1. The lowest BCUT2D eigenvalue weighted by Gasteiger charge is -2.36. The average Bonchev–Trinajstić information content (AvgIpc) is 3.02. The van der Waals surface area contributed by atoms with E-state index >= 15 is 0 Å².